The van der Waals surface area contributed by atoms with Gasteiger partial charge >= 0.3 is 12.2 Å². The van der Waals surface area contributed by atoms with Crippen molar-refractivity contribution in [3.8, 4) is 11.1 Å². The largest absolute Gasteiger partial charge is 0.449 e. The van der Waals surface area contributed by atoms with Crippen molar-refractivity contribution in [1.82, 2.24) is 10.2 Å². The second kappa shape index (κ2) is 18.9. The van der Waals surface area contributed by atoms with Gasteiger partial charge in [0.2, 0.25) is 11.8 Å². The van der Waals surface area contributed by atoms with Crippen LogP contribution in [0.4, 0.5) is 21.0 Å². The number of aryl methyl sites for hydroxylation is 2. The molecule has 4 N–H and O–H groups in total. The van der Waals surface area contributed by atoms with Gasteiger partial charge in [-0.25, -0.2) is 9.59 Å². The van der Waals surface area contributed by atoms with E-state index in [4.69, 9.17) is 9.47 Å². The monoisotopic (exact) mass is 965 g/mol. The minimum absolute atomic E-state index is 0.00574. The predicted octanol–water partition coefficient (Wildman–Crippen LogP) is 10.6. The van der Waals surface area contributed by atoms with Gasteiger partial charge in [0.1, 0.15) is 18.2 Å². The Morgan fingerprint density at radius 2 is 1.23 bits per heavy atom. The van der Waals surface area contributed by atoms with Gasteiger partial charge in [0.05, 0.1) is 18.6 Å². The van der Waals surface area contributed by atoms with Crippen LogP contribution in [0.25, 0.3) is 11.1 Å². The summed E-state index contributed by atoms with van der Waals surface area (Å²) >= 11 is 0. The van der Waals surface area contributed by atoms with Crippen LogP contribution in [0.1, 0.15) is 139 Å². The Hall–Kier alpha value is -6.01. The number of aliphatic hydroxyl groups is 1. The highest BCUT2D eigenvalue weighted by molar-refractivity contribution is 5.97. The van der Waals surface area contributed by atoms with Crippen LogP contribution in [-0.2, 0) is 47.5 Å². The number of hydrogen-bond acceptors (Lipinski definition) is 8. The highest BCUT2D eigenvalue weighted by Gasteiger charge is 2.58. The summed E-state index contributed by atoms with van der Waals surface area (Å²) in [6.07, 6.45) is 6.99. The van der Waals surface area contributed by atoms with Gasteiger partial charge in [-0.15, -0.1) is 0 Å². The first kappa shape index (κ1) is 50.0. The number of benzene rings is 4. The normalized spacial score (nSPS) is 26.7. The maximum Gasteiger partial charge on any atom is 0.412 e. The van der Waals surface area contributed by atoms with E-state index in [0.29, 0.717) is 17.8 Å². The maximum atomic E-state index is 15.0. The molecule has 4 amide bonds. The fourth-order valence-corrected chi connectivity index (χ4v) is 14.2. The fourth-order valence-electron chi connectivity index (χ4n) is 14.2. The number of ether oxygens (including phenoxy) is 2. The number of aliphatic hydroxyl groups excluding tert-OH is 1. The number of hydrogen-bond donors (Lipinski definition) is 4. The summed E-state index contributed by atoms with van der Waals surface area (Å²) in [6, 6.07) is 26.9. The van der Waals surface area contributed by atoms with Gasteiger partial charge < -0.3 is 30.1 Å². The molecule has 5 aliphatic carbocycles. The van der Waals surface area contributed by atoms with E-state index in [1.54, 1.807) is 11.9 Å². The highest BCUT2D eigenvalue weighted by atomic mass is 16.6. The number of nitrogens with one attached hydrogen (secondary N) is 3. The summed E-state index contributed by atoms with van der Waals surface area (Å²) in [7, 11) is 1.80. The van der Waals surface area contributed by atoms with Gasteiger partial charge in [-0.1, -0.05) is 101 Å². The SMILES string of the molecule is CN(CC(=O)[C@@]1(C)CCCC2(C)c3cc(NC(=O)OC(C)(C)C)ccc3CCC21)C(=O)[C@@]1(C)CCCC2(C)c3cc(NC(=O)C(CO)NC(=O)OCC4c5ccccc5-c5ccccc54)ccc3CCC21. The van der Waals surface area contributed by atoms with E-state index in [9.17, 15) is 24.3 Å². The number of Topliss-reactive ketones (excluding diaryl/α,β-unsaturated/α-hetero) is 1. The maximum absolute atomic E-state index is 15.0. The molecule has 2 saturated carbocycles. The van der Waals surface area contributed by atoms with Crippen molar-refractivity contribution in [2.45, 2.75) is 141 Å². The van der Waals surface area contributed by atoms with Crippen LogP contribution >= 0.6 is 0 Å². The van der Waals surface area contributed by atoms with Crippen molar-refractivity contribution >= 4 is 41.2 Å². The number of likely N-dealkylation sites (N-methyl/N-ethyl adjacent to an activating group) is 1. The van der Waals surface area contributed by atoms with Crippen molar-refractivity contribution in [3.63, 3.8) is 0 Å². The van der Waals surface area contributed by atoms with Crippen LogP contribution in [0.2, 0.25) is 0 Å². The third kappa shape index (κ3) is 9.14. The Morgan fingerprint density at radius 3 is 1.77 bits per heavy atom. The number of carbonyl (C=O) groups is 5. The van der Waals surface area contributed by atoms with Gasteiger partial charge in [-0.3, -0.25) is 19.7 Å². The summed E-state index contributed by atoms with van der Waals surface area (Å²) in [6.45, 7) is 13.7. The Morgan fingerprint density at radius 1 is 0.704 bits per heavy atom. The number of carbonyl (C=O) groups excluding carboxylic acids is 5. The van der Waals surface area contributed by atoms with Crippen LogP contribution < -0.4 is 16.0 Å². The van der Waals surface area contributed by atoms with Crippen molar-refractivity contribution in [2.75, 3.05) is 37.4 Å². The molecule has 0 saturated heterocycles. The molecule has 376 valence electrons. The summed E-state index contributed by atoms with van der Waals surface area (Å²) < 4.78 is 11.2. The van der Waals surface area contributed by atoms with Gasteiger partial charge in [0.25, 0.3) is 0 Å². The van der Waals surface area contributed by atoms with E-state index in [0.717, 1.165) is 85.6 Å². The smallest absolute Gasteiger partial charge is 0.412 e. The Labute approximate surface area is 419 Å². The van der Waals surface area contributed by atoms with Crippen molar-refractivity contribution < 1.29 is 38.6 Å². The van der Waals surface area contributed by atoms with Crippen molar-refractivity contribution in [1.29, 1.82) is 0 Å². The van der Waals surface area contributed by atoms with Gasteiger partial charge in [0, 0.05) is 29.8 Å². The third-order valence-corrected chi connectivity index (χ3v) is 17.6. The van der Waals surface area contributed by atoms with Gasteiger partial charge in [-0.2, -0.15) is 0 Å². The summed E-state index contributed by atoms with van der Waals surface area (Å²) in [5.41, 5.74) is 7.61. The first-order chi connectivity index (χ1) is 33.7. The third-order valence-electron chi connectivity index (χ3n) is 17.6. The molecule has 12 heteroatoms. The van der Waals surface area contributed by atoms with Gasteiger partial charge in [0.15, 0.2) is 5.78 Å². The first-order valence-electron chi connectivity index (χ1n) is 25.8. The minimum atomic E-state index is -1.25. The molecule has 4 aromatic carbocycles. The topological polar surface area (TPSA) is 163 Å². The summed E-state index contributed by atoms with van der Waals surface area (Å²) in [5, 5.41) is 18.7. The van der Waals surface area contributed by atoms with E-state index < -0.39 is 47.2 Å². The van der Waals surface area contributed by atoms with E-state index in [2.05, 4.69) is 67.9 Å². The molecule has 9 rings (SSSR count). The molecule has 0 aromatic heterocycles. The lowest BCUT2D eigenvalue weighted by Gasteiger charge is -2.56. The number of rotatable bonds is 11. The quantitative estimate of drug-likeness (QED) is 0.115. The minimum Gasteiger partial charge on any atom is -0.449 e. The highest BCUT2D eigenvalue weighted by Crippen LogP contribution is 2.60. The molecule has 0 aliphatic heterocycles. The second-order valence-corrected chi connectivity index (χ2v) is 23.2. The molecule has 0 spiro atoms. The van der Waals surface area contributed by atoms with E-state index in [1.807, 2.05) is 81.4 Å². The number of nitrogens with zero attached hydrogens (tertiary/aromatic N) is 1. The second-order valence-electron chi connectivity index (χ2n) is 23.2. The number of fused-ring (bicyclic) bond motifs is 9. The summed E-state index contributed by atoms with van der Waals surface area (Å²) in [5.74, 6) is -0.576. The average molecular weight is 965 g/mol. The zero-order valence-corrected chi connectivity index (χ0v) is 42.8. The standard InChI is InChI=1S/C59H72N4O8/c1-55(2,3)71-54(69)61-39-24-20-37-21-25-48-56(4,46(37)32-39)27-13-29-58(48,6)50(65)33-63(8)52(67)59(7)30-14-28-57(5)45-31-38(23-19-36(45)22-26-49(57)59)60-51(66)47(34-64)62-53(68)70-35-44-42-17-11-9-15-40(42)41-16-10-12-18-43(41)44/h9-12,15-20,23-24,31-32,44,47-49,64H,13-14,21-22,25-30,33-35H2,1-8H3,(H,60,66)(H,61,69)(H,62,68)/t47?,48?,49?,56?,57?,58-,59-/m0/s1. The molecule has 0 radical (unpaired) electrons. The van der Waals surface area contributed by atoms with E-state index in [1.165, 1.54) is 16.7 Å². The molecular formula is C59H72N4O8. The lowest BCUT2D eigenvalue weighted by atomic mass is 9.48. The average Bonchev–Trinajstić information content (AvgIpc) is 3.65. The van der Waals surface area contributed by atoms with Crippen molar-refractivity contribution in [2.24, 2.45) is 22.7 Å². The number of ketones is 1. The molecule has 5 aliphatic rings. The van der Waals surface area contributed by atoms with Crippen LogP contribution in [0.5, 0.6) is 0 Å². The zero-order chi connectivity index (χ0) is 50.7. The molecule has 7 atom stereocenters. The van der Waals surface area contributed by atoms with Crippen LogP contribution in [0.3, 0.4) is 0 Å². The molecule has 0 heterocycles. The van der Waals surface area contributed by atoms with E-state index in [-0.39, 0.29) is 53.4 Å². The lowest BCUT2D eigenvalue weighted by molar-refractivity contribution is -0.153. The molecule has 2 fully saturated rings. The number of anilines is 2. The van der Waals surface area contributed by atoms with Crippen LogP contribution in [-0.4, -0.2) is 78.2 Å². The Kier molecular flexibility index (Phi) is 13.3. The lowest BCUT2D eigenvalue weighted by Crippen LogP contribution is -2.58. The van der Waals surface area contributed by atoms with Crippen LogP contribution in [0, 0.1) is 22.7 Å². The summed E-state index contributed by atoms with van der Waals surface area (Å²) in [4.78, 5) is 71.2. The number of alkyl carbamates (subject to hydrolysis) is 1. The predicted molar refractivity (Wildman–Crippen MR) is 275 cm³/mol. The number of amides is 4. The van der Waals surface area contributed by atoms with Gasteiger partial charge in [-0.05, 0) is 164 Å². The molecular weight excluding hydrogens is 893 g/mol. The Bertz CT molecular complexity index is 2720. The van der Waals surface area contributed by atoms with Crippen molar-refractivity contribution in [3.05, 3.63) is 118 Å². The first-order valence-corrected chi connectivity index (χ1v) is 25.8. The molecule has 4 aromatic rings. The molecule has 5 unspecified atom stereocenters. The Balaban J connectivity index is 0.853. The fraction of sp³-hybridized carbons (Fsp3) is 0.508. The molecule has 0 bridgehead atoms. The molecule has 12 nitrogen and oxygen atoms in total. The molecule has 71 heavy (non-hydrogen) atoms. The van der Waals surface area contributed by atoms with E-state index >= 15 is 4.79 Å². The zero-order valence-electron chi connectivity index (χ0n) is 42.8. The van der Waals surface area contributed by atoms with Crippen LogP contribution in [0.15, 0.2) is 84.9 Å².